The molecule has 3 amide bonds. The number of carbonyl (C=O) groups excluding carboxylic acids is 3. The number of benzene rings is 2. The molecule has 3 aliphatic carbocycles. The summed E-state index contributed by atoms with van der Waals surface area (Å²) < 4.78 is 0. The maximum Gasteiger partial charge on any atom is 0.248 e. The number of hydrogen-bond acceptors (Lipinski definition) is 3. The Balaban J connectivity index is 1.50. The first kappa shape index (κ1) is 20.7. The number of nitrogens with one attached hydrogen (secondary N) is 1. The zero-order valence-corrected chi connectivity index (χ0v) is 18.5. The molecule has 1 aliphatic heterocycles. The zero-order chi connectivity index (χ0) is 22.4. The van der Waals surface area contributed by atoms with E-state index in [0.717, 1.165) is 35.2 Å². The number of rotatable bonds is 5. The Bertz CT molecular complexity index is 1050. The molecule has 0 unspecified atom stereocenters. The van der Waals surface area contributed by atoms with Gasteiger partial charge in [-0.05, 0) is 55.2 Å². The third kappa shape index (κ3) is 3.36. The van der Waals surface area contributed by atoms with Crippen molar-refractivity contribution in [1.29, 1.82) is 0 Å². The highest BCUT2D eigenvalue weighted by molar-refractivity contribution is 6.10. The average Bonchev–Trinajstić information content (AvgIpc) is 3.08. The lowest BCUT2D eigenvalue weighted by Gasteiger charge is -2.38. The molecule has 6 rings (SSSR count). The summed E-state index contributed by atoms with van der Waals surface area (Å²) >= 11 is 0. The molecule has 2 fully saturated rings. The van der Waals surface area contributed by atoms with Crippen LogP contribution >= 0.6 is 0 Å². The molecular formula is C27H28N2O3. The molecule has 5 nitrogen and oxygen atoms in total. The van der Waals surface area contributed by atoms with Crippen molar-refractivity contribution in [3.8, 4) is 0 Å². The van der Waals surface area contributed by atoms with Crippen LogP contribution in [0, 0.1) is 37.5 Å². The Morgan fingerprint density at radius 3 is 2.00 bits per heavy atom. The Labute approximate surface area is 188 Å². The summed E-state index contributed by atoms with van der Waals surface area (Å²) in [5, 5.41) is 3.04. The van der Waals surface area contributed by atoms with Crippen LogP contribution in [0.15, 0.2) is 60.7 Å². The zero-order valence-electron chi connectivity index (χ0n) is 18.5. The van der Waals surface area contributed by atoms with E-state index in [0.29, 0.717) is 6.42 Å². The van der Waals surface area contributed by atoms with Crippen molar-refractivity contribution in [3.05, 3.63) is 77.4 Å². The number of para-hydroxylation sites is 1. The molecule has 2 bridgehead atoms. The Kier molecular flexibility index (Phi) is 5.20. The van der Waals surface area contributed by atoms with Crippen molar-refractivity contribution < 1.29 is 14.4 Å². The summed E-state index contributed by atoms with van der Waals surface area (Å²) in [6, 6.07) is 14.6. The standard InChI is InChI=1S/C27H28N2O3/c1-16-7-6-8-17(2)24(16)28-25(30)21(15-18-9-4-3-5-10-18)29-26(31)22-19-11-12-20(14-13-19)23(22)27(29)32/h3-12,19-23H,13-15H2,1-2H3,(H,28,30)/t19-,20-,21+,22-,23+/m0/s1. The maximum absolute atomic E-state index is 13.6. The van der Waals surface area contributed by atoms with Crippen molar-refractivity contribution in [2.75, 3.05) is 5.32 Å². The summed E-state index contributed by atoms with van der Waals surface area (Å²) in [5.41, 5.74) is 3.57. The van der Waals surface area contributed by atoms with Crippen LogP contribution in [0.2, 0.25) is 0 Å². The number of aryl methyl sites for hydroxylation is 2. The molecule has 0 aromatic heterocycles. The van der Waals surface area contributed by atoms with Crippen LogP contribution in [0.4, 0.5) is 5.69 Å². The molecule has 1 saturated carbocycles. The Morgan fingerprint density at radius 1 is 0.906 bits per heavy atom. The molecule has 1 heterocycles. The van der Waals surface area contributed by atoms with Crippen molar-refractivity contribution in [3.63, 3.8) is 0 Å². The minimum absolute atomic E-state index is 0.102. The van der Waals surface area contributed by atoms with Gasteiger partial charge in [-0.1, -0.05) is 60.7 Å². The molecule has 0 spiro atoms. The normalized spacial score (nSPS) is 26.9. The molecular weight excluding hydrogens is 400 g/mol. The number of hydrogen-bond donors (Lipinski definition) is 1. The molecule has 4 aliphatic rings. The predicted molar refractivity (Wildman–Crippen MR) is 123 cm³/mol. The van der Waals surface area contributed by atoms with Gasteiger partial charge in [0.05, 0.1) is 11.8 Å². The molecule has 5 heteroatoms. The van der Waals surface area contributed by atoms with Crippen molar-refractivity contribution in [2.45, 2.75) is 39.2 Å². The number of nitrogens with zero attached hydrogens (tertiary/aromatic N) is 1. The van der Waals surface area contributed by atoms with E-state index in [1.807, 2.05) is 62.4 Å². The largest absolute Gasteiger partial charge is 0.324 e. The smallest absolute Gasteiger partial charge is 0.248 e. The van der Waals surface area contributed by atoms with Crippen LogP contribution in [0.25, 0.3) is 0 Å². The molecule has 2 aromatic rings. The quantitative estimate of drug-likeness (QED) is 0.577. The highest BCUT2D eigenvalue weighted by Crippen LogP contribution is 2.50. The molecule has 5 atom stereocenters. The monoisotopic (exact) mass is 428 g/mol. The van der Waals surface area contributed by atoms with E-state index in [2.05, 4.69) is 17.5 Å². The lowest BCUT2D eigenvalue weighted by molar-refractivity contribution is -0.146. The SMILES string of the molecule is Cc1cccc(C)c1NC(=O)[C@@H](Cc1ccccc1)N1C(=O)[C@@H]2[C@H](C1=O)[C@H]1C=C[C@H]2CC1. The average molecular weight is 429 g/mol. The van der Waals surface area contributed by atoms with Crippen LogP contribution in [-0.2, 0) is 20.8 Å². The van der Waals surface area contributed by atoms with Crippen LogP contribution in [0.1, 0.15) is 29.5 Å². The lowest BCUT2D eigenvalue weighted by Crippen LogP contribution is -2.49. The Hall–Kier alpha value is -3.21. The fraction of sp³-hybridized carbons (Fsp3) is 0.370. The fourth-order valence-electron chi connectivity index (χ4n) is 5.76. The van der Waals surface area contributed by atoms with Gasteiger partial charge in [0.15, 0.2) is 0 Å². The highest BCUT2D eigenvalue weighted by Gasteiger charge is 2.58. The van der Waals surface area contributed by atoms with Gasteiger partial charge in [-0.25, -0.2) is 0 Å². The number of carbonyl (C=O) groups is 3. The van der Waals surface area contributed by atoms with E-state index in [9.17, 15) is 14.4 Å². The minimum Gasteiger partial charge on any atom is -0.324 e. The van der Waals surface area contributed by atoms with Crippen LogP contribution in [-0.4, -0.2) is 28.7 Å². The molecule has 1 saturated heterocycles. The summed E-state index contributed by atoms with van der Waals surface area (Å²) in [5.74, 6) is -1.12. The number of likely N-dealkylation sites (tertiary alicyclic amines) is 1. The number of fused-ring (bicyclic) bond motifs is 1. The lowest BCUT2D eigenvalue weighted by atomic mass is 9.63. The van der Waals surface area contributed by atoms with Gasteiger partial charge in [-0.15, -0.1) is 0 Å². The van der Waals surface area contributed by atoms with Gasteiger partial charge in [0.1, 0.15) is 6.04 Å². The first-order valence-corrected chi connectivity index (χ1v) is 11.4. The third-order valence-electron chi connectivity index (χ3n) is 7.41. The van der Waals surface area contributed by atoms with Gasteiger partial charge in [0.2, 0.25) is 17.7 Å². The maximum atomic E-state index is 13.6. The fourth-order valence-corrected chi connectivity index (χ4v) is 5.76. The van der Waals surface area contributed by atoms with Gasteiger partial charge in [0.25, 0.3) is 0 Å². The molecule has 164 valence electrons. The minimum atomic E-state index is -0.874. The van der Waals surface area contributed by atoms with E-state index in [-0.39, 0.29) is 41.4 Å². The third-order valence-corrected chi connectivity index (χ3v) is 7.41. The first-order valence-electron chi connectivity index (χ1n) is 11.4. The van der Waals surface area contributed by atoms with E-state index in [1.165, 1.54) is 4.90 Å². The summed E-state index contributed by atoms with van der Waals surface area (Å²) in [6.07, 6.45) is 6.39. The van der Waals surface area contributed by atoms with Crippen molar-refractivity contribution >= 4 is 23.4 Å². The molecule has 1 N–H and O–H groups in total. The summed E-state index contributed by atoms with van der Waals surface area (Å²) in [6.45, 7) is 3.89. The van der Waals surface area contributed by atoms with E-state index in [4.69, 9.17) is 0 Å². The molecule has 2 aromatic carbocycles. The number of amides is 3. The van der Waals surface area contributed by atoms with Crippen molar-refractivity contribution in [2.24, 2.45) is 23.7 Å². The topological polar surface area (TPSA) is 66.5 Å². The van der Waals surface area contributed by atoms with Crippen molar-refractivity contribution in [1.82, 2.24) is 4.90 Å². The van der Waals surface area contributed by atoms with E-state index in [1.54, 1.807) is 0 Å². The number of imide groups is 1. The predicted octanol–water partition coefficient (Wildman–Crippen LogP) is 4.05. The van der Waals surface area contributed by atoms with Gasteiger partial charge < -0.3 is 5.32 Å². The first-order chi connectivity index (χ1) is 15.5. The van der Waals surface area contributed by atoms with Gasteiger partial charge in [-0.3, -0.25) is 19.3 Å². The second-order valence-electron chi connectivity index (χ2n) is 9.35. The summed E-state index contributed by atoms with van der Waals surface area (Å²) in [4.78, 5) is 42.0. The second-order valence-corrected chi connectivity index (χ2v) is 9.35. The highest BCUT2D eigenvalue weighted by atomic mass is 16.2. The van der Waals surface area contributed by atoms with Gasteiger partial charge in [0, 0.05) is 12.1 Å². The van der Waals surface area contributed by atoms with E-state index < -0.39 is 6.04 Å². The van der Waals surface area contributed by atoms with Gasteiger partial charge >= 0.3 is 0 Å². The molecule has 0 radical (unpaired) electrons. The number of allylic oxidation sites excluding steroid dienone is 2. The van der Waals surface area contributed by atoms with Crippen LogP contribution in [0.5, 0.6) is 0 Å². The van der Waals surface area contributed by atoms with E-state index >= 15 is 0 Å². The summed E-state index contributed by atoms with van der Waals surface area (Å²) in [7, 11) is 0. The molecule has 32 heavy (non-hydrogen) atoms. The van der Waals surface area contributed by atoms with Crippen LogP contribution in [0.3, 0.4) is 0 Å². The second kappa shape index (κ2) is 8.05. The van der Waals surface area contributed by atoms with Gasteiger partial charge in [-0.2, -0.15) is 0 Å². The van der Waals surface area contributed by atoms with Crippen LogP contribution < -0.4 is 5.32 Å². The number of anilines is 1. The Morgan fingerprint density at radius 2 is 1.47 bits per heavy atom.